The number of rotatable bonds is 3. The van der Waals surface area contributed by atoms with Crippen molar-refractivity contribution in [3.63, 3.8) is 0 Å². The van der Waals surface area contributed by atoms with Gasteiger partial charge in [-0.2, -0.15) is 0 Å². The van der Waals surface area contributed by atoms with E-state index in [1.165, 1.54) is 6.26 Å². The number of allylic oxidation sites excluding steroid dienone is 2. The Bertz CT molecular complexity index is 1490. The van der Waals surface area contributed by atoms with E-state index in [-0.39, 0.29) is 35.6 Å². The van der Waals surface area contributed by atoms with E-state index in [1.54, 1.807) is 53.0 Å². The number of aliphatic hydroxyl groups excluding tert-OH is 2. The lowest BCUT2D eigenvalue weighted by atomic mass is 9.44. The molecule has 3 aliphatic carbocycles. The molecule has 38 heavy (non-hydrogen) atoms. The Morgan fingerprint density at radius 2 is 1.82 bits per heavy atom. The zero-order chi connectivity index (χ0) is 28.1. The molecule has 1 aromatic heterocycles. The van der Waals surface area contributed by atoms with Crippen LogP contribution in [-0.2, 0) is 16.0 Å². The minimum Gasteiger partial charge on any atom is -0.511 e. The van der Waals surface area contributed by atoms with Crippen LogP contribution in [0.2, 0.25) is 0 Å². The standard InChI is InChI=1S/C30H32O8/c1-13(2)21-24(33)19(15(4)31)26(35)30(37)27(36)22-25(34)20-18(10-28(22,5)12-29(21,30)6)17(9-14(3)23(20)32)16-7-8-38-11-16/h7-9,11,13,21,32-33,36-37H,10,12H2,1-6H3/t21?,28-,29-,30+/m1/s1. The summed E-state index contributed by atoms with van der Waals surface area (Å²) in [6, 6.07) is 3.53. The quantitative estimate of drug-likeness (QED) is 0.418. The topological polar surface area (TPSA) is 145 Å². The van der Waals surface area contributed by atoms with Crippen molar-refractivity contribution in [2.75, 3.05) is 0 Å². The molecule has 1 unspecified atom stereocenters. The Labute approximate surface area is 220 Å². The van der Waals surface area contributed by atoms with Crippen molar-refractivity contribution in [2.45, 2.75) is 60.0 Å². The summed E-state index contributed by atoms with van der Waals surface area (Å²) in [6.45, 7) is 9.78. The van der Waals surface area contributed by atoms with Gasteiger partial charge in [0.2, 0.25) is 5.78 Å². The van der Waals surface area contributed by atoms with Crippen LogP contribution < -0.4 is 0 Å². The van der Waals surface area contributed by atoms with Crippen molar-refractivity contribution < 1.29 is 39.2 Å². The number of carbonyl (C=O) groups excluding carboxylic acids is 3. The molecule has 1 heterocycles. The molecule has 0 saturated heterocycles. The van der Waals surface area contributed by atoms with Crippen LogP contribution in [0.4, 0.5) is 0 Å². The molecule has 2 aromatic rings. The number of benzene rings is 1. The predicted molar refractivity (Wildman–Crippen MR) is 138 cm³/mol. The average Bonchev–Trinajstić information content (AvgIpc) is 3.33. The minimum atomic E-state index is -2.62. The van der Waals surface area contributed by atoms with E-state index in [1.807, 2.05) is 0 Å². The van der Waals surface area contributed by atoms with Gasteiger partial charge < -0.3 is 24.8 Å². The van der Waals surface area contributed by atoms with Crippen LogP contribution in [0.5, 0.6) is 5.75 Å². The van der Waals surface area contributed by atoms with Gasteiger partial charge in [0.05, 0.1) is 18.1 Å². The Balaban J connectivity index is 1.85. The van der Waals surface area contributed by atoms with Gasteiger partial charge in [0, 0.05) is 27.9 Å². The highest BCUT2D eigenvalue weighted by Gasteiger charge is 2.71. The molecule has 0 spiro atoms. The molecule has 0 bridgehead atoms. The maximum absolute atomic E-state index is 14.1. The molecule has 5 rings (SSSR count). The lowest BCUT2D eigenvalue weighted by Crippen LogP contribution is -2.67. The van der Waals surface area contributed by atoms with Crippen molar-refractivity contribution in [3.05, 3.63) is 64.0 Å². The summed E-state index contributed by atoms with van der Waals surface area (Å²) in [7, 11) is 0. The molecule has 4 atom stereocenters. The van der Waals surface area contributed by atoms with Gasteiger partial charge in [-0.3, -0.25) is 14.4 Å². The third-order valence-corrected chi connectivity index (χ3v) is 9.03. The fourth-order valence-electron chi connectivity index (χ4n) is 7.61. The molecular weight excluding hydrogens is 488 g/mol. The Kier molecular flexibility index (Phi) is 5.42. The molecule has 3 aliphatic rings. The number of aromatic hydroxyl groups is 1. The third-order valence-electron chi connectivity index (χ3n) is 9.03. The zero-order valence-corrected chi connectivity index (χ0v) is 22.3. The van der Waals surface area contributed by atoms with Crippen LogP contribution >= 0.6 is 0 Å². The number of carbonyl (C=O) groups is 3. The van der Waals surface area contributed by atoms with Gasteiger partial charge in [0.15, 0.2) is 17.2 Å². The summed E-state index contributed by atoms with van der Waals surface area (Å²) < 4.78 is 5.27. The van der Waals surface area contributed by atoms with Gasteiger partial charge in [0.25, 0.3) is 0 Å². The van der Waals surface area contributed by atoms with Crippen LogP contribution in [-0.4, -0.2) is 43.4 Å². The SMILES string of the molecule is CC(=O)C1=C(O)C(C(C)C)[C@@]2(C)C[C@@]3(C)Cc4c(-c5ccoc5)cc(C)c(O)c4C(=O)C3=C(O)[C@@]2(O)C1=O. The number of hydrogen-bond acceptors (Lipinski definition) is 8. The maximum Gasteiger partial charge on any atom is 0.209 e. The third kappa shape index (κ3) is 2.98. The highest BCUT2D eigenvalue weighted by molar-refractivity contribution is 6.25. The van der Waals surface area contributed by atoms with Crippen LogP contribution in [0.3, 0.4) is 0 Å². The van der Waals surface area contributed by atoms with Gasteiger partial charge in [-0.15, -0.1) is 0 Å². The lowest BCUT2D eigenvalue weighted by Gasteiger charge is -2.59. The molecule has 0 amide bonds. The van der Waals surface area contributed by atoms with Crippen molar-refractivity contribution in [1.29, 1.82) is 0 Å². The molecular formula is C30H32O8. The fourth-order valence-corrected chi connectivity index (χ4v) is 7.61. The number of hydrogen-bond donors (Lipinski definition) is 4. The van der Waals surface area contributed by atoms with E-state index in [9.17, 15) is 34.8 Å². The van der Waals surface area contributed by atoms with E-state index in [0.717, 1.165) is 12.5 Å². The highest BCUT2D eigenvalue weighted by atomic mass is 16.4. The van der Waals surface area contributed by atoms with Gasteiger partial charge in [-0.25, -0.2) is 0 Å². The highest BCUT2D eigenvalue weighted by Crippen LogP contribution is 2.65. The largest absolute Gasteiger partial charge is 0.511 e. The molecule has 0 aliphatic heterocycles. The van der Waals surface area contributed by atoms with Crippen LogP contribution in [0.1, 0.15) is 62.5 Å². The van der Waals surface area contributed by atoms with Gasteiger partial charge in [-0.1, -0.05) is 27.7 Å². The first-order valence-electron chi connectivity index (χ1n) is 12.7. The zero-order valence-electron chi connectivity index (χ0n) is 22.3. The number of furan rings is 1. The normalized spacial score (nSPS) is 30.9. The van der Waals surface area contributed by atoms with E-state index >= 15 is 0 Å². The first-order valence-corrected chi connectivity index (χ1v) is 12.7. The molecule has 0 saturated carbocycles. The average molecular weight is 521 g/mol. The van der Waals surface area contributed by atoms with E-state index < -0.39 is 56.8 Å². The molecule has 8 heteroatoms. The molecule has 8 nitrogen and oxygen atoms in total. The van der Waals surface area contributed by atoms with Crippen molar-refractivity contribution >= 4 is 17.3 Å². The summed E-state index contributed by atoms with van der Waals surface area (Å²) >= 11 is 0. The summed E-state index contributed by atoms with van der Waals surface area (Å²) in [4.78, 5) is 40.3. The summed E-state index contributed by atoms with van der Waals surface area (Å²) in [5, 5.41) is 46.0. The van der Waals surface area contributed by atoms with Gasteiger partial charge in [-0.05, 0) is 61.4 Å². The second-order valence-electron chi connectivity index (χ2n) is 11.9. The number of phenols is 1. The number of ketones is 3. The number of aliphatic hydroxyl groups is 3. The molecule has 0 radical (unpaired) electrons. The summed E-state index contributed by atoms with van der Waals surface area (Å²) in [6.07, 6.45) is 3.31. The Hall–Kier alpha value is -3.65. The van der Waals surface area contributed by atoms with Crippen LogP contribution in [0.25, 0.3) is 11.1 Å². The maximum atomic E-state index is 14.1. The van der Waals surface area contributed by atoms with Crippen molar-refractivity contribution in [2.24, 2.45) is 22.7 Å². The van der Waals surface area contributed by atoms with Crippen molar-refractivity contribution in [1.82, 2.24) is 0 Å². The van der Waals surface area contributed by atoms with Gasteiger partial charge in [0.1, 0.15) is 22.8 Å². The number of aryl methyl sites for hydroxylation is 1. The van der Waals surface area contributed by atoms with Crippen molar-refractivity contribution in [3.8, 4) is 16.9 Å². The second-order valence-corrected chi connectivity index (χ2v) is 11.9. The van der Waals surface area contributed by atoms with E-state index in [2.05, 4.69) is 0 Å². The number of fused-ring (bicyclic) bond motifs is 3. The minimum absolute atomic E-state index is 0.00118. The Morgan fingerprint density at radius 1 is 1.16 bits per heavy atom. The molecule has 1 aromatic carbocycles. The van der Waals surface area contributed by atoms with E-state index in [4.69, 9.17) is 4.42 Å². The molecule has 200 valence electrons. The summed E-state index contributed by atoms with van der Waals surface area (Å²) in [5.74, 6) is -5.20. The van der Waals surface area contributed by atoms with Gasteiger partial charge >= 0.3 is 0 Å². The van der Waals surface area contributed by atoms with E-state index in [0.29, 0.717) is 16.7 Å². The fraction of sp³-hybridized carbons (Fsp3) is 0.433. The first-order chi connectivity index (χ1) is 17.6. The molecule has 4 N–H and O–H groups in total. The van der Waals surface area contributed by atoms with Crippen LogP contribution in [0, 0.1) is 29.6 Å². The number of phenolic OH excluding ortho intramolecular Hbond substituents is 1. The van der Waals surface area contributed by atoms with Crippen LogP contribution in [0.15, 0.2) is 51.7 Å². The monoisotopic (exact) mass is 520 g/mol. The first kappa shape index (κ1) is 26.0. The smallest absolute Gasteiger partial charge is 0.209 e. The number of Topliss-reactive ketones (excluding diaryl/α,β-unsaturated/α-hetero) is 3. The lowest BCUT2D eigenvalue weighted by molar-refractivity contribution is -0.171. The summed E-state index contributed by atoms with van der Waals surface area (Å²) in [5.41, 5.74) is -3.45. The Morgan fingerprint density at radius 3 is 2.37 bits per heavy atom. The molecule has 0 fully saturated rings. The second kappa shape index (κ2) is 7.93. The predicted octanol–water partition coefficient (Wildman–Crippen LogP) is 4.91.